The summed E-state index contributed by atoms with van der Waals surface area (Å²) >= 11 is 0. The zero-order chi connectivity index (χ0) is 15.1. The fourth-order valence-corrected chi connectivity index (χ4v) is 2.05. The van der Waals surface area contributed by atoms with E-state index in [-0.39, 0.29) is 17.8 Å². The summed E-state index contributed by atoms with van der Waals surface area (Å²) in [5.41, 5.74) is 6.73. The van der Waals surface area contributed by atoms with Crippen molar-refractivity contribution < 1.29 is 9.18 Å². The molecule has 0 spiro atoms. The van der Waals surface area contributed by atoms with Crippen molar-refractivity contribution in [1.29, 1.82) is 0 Å². The Bertz CT molecular complexity index is 420. The Morgan fingerprint density at radius 1 is 1.35 bits per heavy atom. The fourth-order valence-electron chi connectivity index (χ4n) is 2.05. The predicted molar refractivity (Wildman–Crippen MR) is 78.7 cm³/mol. The zero-order valence-corrected chi connectivity index (χ0v) is 12.4. The molecule has 0 aliphatic carbocycles. The van der Waals surface area contributed by atoms with Gasteiger partial charge in [0.1, 0.15) is 5.82 Å². The molecular weight excluding hydrogens is 257 g/mol. The molecule has 0 heterocycles. The van der Waals surface area contributed by atoms with Crippen LogP contribution in [-0.4, -0.2) is 37.5 Å². The Hall–Kier alpha value is -1.46. The van der Waals surface area contributed by atoms with Crippen LogP contribution in [0.15, 0.2) is 24.3 Å². The minimum Gasteiger partial charge on any atom is -0.353 e. The van der Waals surface area contributed by atoms with Crippen LogP contribution in [0.3, 0.4) is 0 Å². The number of hydrogen-bond acceptors (Lipinski definition) is 3. The Morgan fingerprint density at radius 2 is 1.95 bits per heavy atom. The molecule has 20 heavy (non-hydrogen) atoms. The van der Waals surface area contributed by atoms with Gasteiger partial charge in [-0.2, -0.15) is 0 Å². The molecule has 1 rings (SSSR count). The van der Waals surface area contributed by atoms with E-state index in [4.69, 9.17) is 5.73 Å². The van der Waals surface area contributed by atoms with Gasteiger partial charge in [-0.3, -0.25) is 4.79 Å². The molecule has 3 N–H and O–H groups in total. The molecule has 0 bridgehead atoms. The number of likely N-dealkylation sites (N-methyl/N-ethyl adjacent to an activating group) is 1. The van der Waals surface area contributed by atoms with Gasteiger partial charge < -0.3 is 16.0 Å². The van der Waals surface area contributed by atoms with Crippen molar-refractivity contribution in [2.45, 2.75) is 31.8 Å². The maximum absolute atomic E-state index is 13.0. The number of amides is 1. The number of carbonyl (C=O) groups excluding carboxylic acids is 1. The van der Waals surface area contributed by atoms with Gasteiger partial charge in [-0.25, -0.2) is 4.39 Å². The SMILES string of the molecule is CCCC(N)C(=O)NCC(c1ccc(F)cc1)N(C)C. The standard InChI is InChI=1S/C15H24FN3O/c1-4-5-13(17)15(20)18-10-14(19(2)3)11-6-8-12(16)9-7-11/h6-9,13-14H,4-5,10,17H2,1-3H3,(H,18,20). The van der Waals surface area contributed by atoms with E-state index >= 15 is 0 Å². The third kappa shape index (κ3) is 4.90. The van der Waals surface area contributed by atoms with E-state index < -0.39 is 6.04 Å². The van der Waals surface area contributed by atoms with E-state index in [0.717, 1.165) is 12.0 Å². The van der Waals surface area contributed by atoms with Crippen LogP contribution in [0.4, 0.5) is 4.39 Å². The quantitative estimate of drug-likeness (QED) is 0.799. The monoisotopic (exact) mass is 281 g/mol. The highest BCUT2D eigenvalue weighted by atomic mass is 19.1. The summed E-state index contributed by atoms with van der Waals surface area (Å²) in [5, 5.41) is 2.86. The zero-order valence-electron chi connectivity index (χ0n) is 12.4. The molecule has 0 radical (unpaired) electrons. The predicted octanol–water partition coefficient (Wildman–Crippen LogP) is 1.67. The highest BCUT2D eigenvalue weighted by Gasteiger charge is 2.17. The number of nitrogens with two attached hydrogens (primary N) is 1. The molecule has 0 aliphatic heterocycles. The van der Waals surface area contributed by atoms with Crippen LogP contribution in [0.2, 0.25) is 0 Å². The number of rotatable bonds is 7. The summed E-state index contributed by atoms with van der Waals surface area (Å²) in [7, 11) is 3.85. The molecule has 1 aromatic rings. The van der Waals surface area contributed by atoms with Crippen molar-refractivity contribution in [2.75, 3.05) is 20.6 Å². The lowest BCUT2D eigenvalue weighted by Gasteiger charge is -2.25. The minimum absolute atomic E-state index is 0.00613. The fraction of sp³-hybridized carbons (Fsp3) is 0.533. The van der Waals surface area contributed by atoms with E-state index in [1.54, 1.807) is 12.1 Å². The molecule has 0 saturated carbocycles. The van der Waals surface area contributed by atoms with Gasteiger partial charge in [0, 0.05) is 6.54 Å². The van der Waals surface area contributed by atoms with Crippen LogP contribution in [0.5, 0.6) is 0 Å². The van der Waals surface area contributed by atoms with Crippen molar-refractivity contribution in [3.05, 3.63) is 35.6 Å². The lowest BCUT2D eigenvalue weighted by Crippen LogP contribution is -2.43. The maximum Gasteiger partial charge on any atom is 0.236 e. The van der Waals surface area contributed by atoms with Gasteiger partial charge in [0.2, 0.25) is 5.91 Å². The molecule has 0 aliphatic rings. The van der Waals surface area contributed by atoms with Crippen molar-refractivity contribution in [3.8, 4) is 0 Å². The third-order valence-electron chi connectivity index (χ3n) is 3.28. The third-order valence-corrected chi connectivity index (χ3v) is 3.28. The van der Waals surface area contributed by atoms with Crippen molar-refractivity contribution in [1.82, 2.24) is 10.2 Å². The molecule has 1 amide bonds. The maximum atomic E-state index is 13.0. The van der Waals surface area contributed by atoms with E-state index in [1.807, 2.05) is 25.9 Å². The molecule has 5 heteroatoms. The van der Waals surface area contributed by atoms with Crippen LogP contribution in [0.1, 0.15) is 31.4 Å². The lowest BCUT2D eigenvalue weighted by atomic mass is 10.1. The molecule has 0 fully saturated rings. The largest absolute Gasteiger partial charge is 0.353 e. The number of halogens is 1. The van der Waals surface area contributed by atoms with Gasteiger partial charge in [0.05, 0.1) is 12.1 Å². The number of nitrogens with one attached hydrogen (secondary N) is 1. The molecule has 0 aromatic heterocycles. The van der Waals surface area contributed by atoms with E-state index in [0.29, 0.717) is 13.0 Å². The van der Waals surface area contributed by atoms with Gasteiger partial charge in [-0.05, 0) is 38.2 Å². The number of nitrogens with zero attached hydrogens (tertiary/aromatic N) is 1. The average molecular weight is 281 g/mol. The summed E-state index contributed by atoms with van der Waals surface area (Å²) in [6.45, 7) is 2.45. The molecule has 4 nitrogen and oxygen atoms in total. The molecule has 2 atom stereocenters. The Morgan fingerprint density at radius 3 is 2.45 bits per heavy atom. The average Bonchev–Trinajstić information content (AvgIpc) is 2.40. The van der Waals surface area contributed by atoms with Crippen molar-refractivity contribution >= 4 is 5.91 Å². The second-order valence-corrected chi connectivity index (χ2v) is 5.17. The first-order valence-electron chi connectivity index (χ1n) is 6.90. The lowest BCUT2D eigenvalue weighted by molar-refractivity contribution is -0.122. The van der Waals surface area contributed by atoms with Crippen LogP contribution in [-0.2, 0) is 4.79 Å². The van der Waals surface area contributed by atoms with Crippen molar-refractivity contribution in [2.24, 2.45) is 5.73 Å². The van der Waals surface area contributed by atoms with Gasteiger partial charge in [0.25, 0.3) is 0 Å². The molecule has 112 valence electrons. The Labute approximate surface area is 120 Å². The van der Waals surface area contributed by atoms with Gasteiger partial charge in [-0.1, -0.05) is 25.5 Å². The summed E-state index contributed by atoms with van der Waals surface area (Å²) < 4.78 is 13.0. The van der Waals surface area contributed by atoms with E-state index in [1.165, 1.54) is 12.1 Å². The van der Waals surface area contributed by atoms with Crippen LogP contribution in [0, 0.1) is 5.82 Å². The highest BCUT2D eigenvalue weighted by molar-refractivity contribution is 5.81. The molecular formula is C15H24FN3O. The summed E-state index contributed by atoms with van der Waals surface area (Å²) in [6.07, 6.45) is 1.55. The smallest absolute Gasteiger partial charge is 0.236 e. The second-order valence-electron chi connectivity index (χ2n) is 5.17. The molecule has 1 aromatic carbocycles. The van der Waals surface area contributed by atoms with Gasteiger partial charge >= 0.3 is 0 Å². The first-order chi connectivity index (χ1) is 9.45. The van der Waals surface area contributed by atoms with Gasteiger partial charge in [-0.15, -0.1) is 0 Å². The number of benzene rings is 1. The van der Waals surface area contributed by atoms with Gasteiger partial charge in [0.15, 0.2) is 0 Å². The summed E-state index contributed by atoms with van der Waals surface area (Å²) in [5.74, 6) is -0.402. The number of hydrogen-bond donors (Lipinski definition) is 2. The Balaban J connectivity index is 2.64. The minimum atomic E-state index is -0.462. The van der Waals surface area contributed by atoms with E-state index in [9.17, 15) is 9.18 Å². The Kier molecular flexibility index (Phi) is 6.61. The molecule has 2 unspecified atom stereocenters. The first-order valence-corrected chi connectivity index (χ1v) is 6.90. The first kappa shape index (κ1) is 16.6. The highest BCUT2D eigenvalue weighted by Crippen LogP contribution is 2.17. The summed E-state index contributed by atoms with van der Waals surface area (Å²) in [6, 6.07) is 5.85. The summed E-state index contributed by atoms with van der Waals surface area (Å²) in [4.78, 5) is 13.8. The van der Waals surface area contributed by atoms with Crippen molar-refractivity contribution in [3.63, 3.8) is 0 Å². The van der Waals surface area contributed by atoms with Crippen LogP contribution >= 0.6 is 0 Å². The molecule has 0 saturated heterocycles. The van der Waals surface area contributed by atoms with Crippen LogP contribution < -0.4 is 11.1 Å². The topological polar surface area (TPSA) is 58.4 Å². The van der Waals surface area contributed by atoms with E-state index in [2.05, 4.69) is 5.32 Å². The van der Waals surface area contributed by atoms with Crippen LogP contribution in [0.25, 0.3) is 0 Å². The normalized spacial score (nSPS) is 14.1. The second kappa shape index (κ2) is 7.97. The number of carbonyl (C=O) groups is 1.